The van der Waals surface area contributed by atoms with Gasteiger partial charge in [0.1, 0.15) is 0 Å². The lowest BCUT2D eigenvalue weighted by atomic mass is 9.99. The molecule has 3 heteroatoms. The second-order valence-corrected chi connectivity index (χ2v) is 4.71. The molecule has 0 saturated heterocycles. The van der Waals surface area contributed by atoms with E-state index < -0.39 is 0 Å². The molecule has 0 aromatic carbocycles. The molecule has 98 valence electrons. The molecule has 0 aromatic rings. The van der Waals surface area contributed by atoms with Crippen molar-refractivity contribution in [1.29, 1.82) is 15.8 Å². The van der Waals surface area contributed by atoms with Crippen molar-refractivity contribution in [3.63, 3.8) is 0 Å². The molecule has 0 heterocycles. The molecule has 3 nitrogen and oxygen atoms in total. The number of unbranched alkanes of at least 4 members (excludes halogenated alkanes) is 8. The first-order valence-electron chi connectivity index (χ1n) is 6.98. The minimum absolute atomic E-state index is 0.0685. The average molecular weight is 245 g/mol. The van der Waals surface area contributed by atoms with Crippen LogP contribution in [0.1, 0.15) is 70.6 Å². The van der Waals surface area contributed by atoms with Gasteiger partial charge < -0.3 is 0 Å². The fourth-order valence-corrected chi connectivity index (χ4v) is 1.98. The standard InChI is InChI=1S/C15H23N3/c16-12-9-7-5-3-1-2-4-6-8-10-15(14-18)11-13-17/h15H,1-11H2. The highest BCUT2D eigenvalue weighted by molar-refractivity contribution is 4.89. The van der Waals surface area contributed by atoms with E-state index in [9.17, 15) is 0 Å². The van der Waals surface area contributed by atoms with Crippen LogP contribution in [0.4, 0.5) is 0 Å². The first kappa shape index (κ1) is 16.5. The Kier molecular flexibility index (Phi) is 12.4. The monoisotopic (exact) mass is 245 g/mol. The molecular formula is C15H23N3. The summed E-state index contributed by atoms with van der Waals surface area (Å²) in [6.07, 6.45) is 11.3. The fraction of sp³-hybridized carbons (Fsp3) is 0.800. The molecule has 0 aliphatic rings. The highest BCUT2D eigenvalue weighted by Crippen LogP contribution is 2.14. The third-order valence-corrected chi connectivity index (χ3v) is 3.11. The predicted molar refractivity (Wildman–Crippen MR) is 71.1 cm³/mol. The van der Waals surface area contributed by atoms with Crippen LogP contribution in [0.5, 0.6) is 0 Å². The van der Waals surface area contributed by atoms with Crippen molar-refractivity contribution in [2.45, 2.75) is 70.6 Å². The second-order valence-electron chi connectivity index (χ2n) is 4.71. The lowest BCUT2D eigenvalue weighted by molar-refractivity contribution is 0.522. The van der Waals surface area contributed by atoms with Crippen LogP contribution in [0.25, 0.3) is 0 Å². The maximum Gasteiger partial charge on any atom is 0.0666 e. The van der Waals surface area contributed by atoms with Crippen molar-refractivity contribution in [3.8, 4) is 18.2 Å². The van der Waals surface area contributed by atoms with Gasteiger partial charge in [0.2, 0.25) is 0 Å². The summed E-state index contributed by atoms with van der Waals surface area (Å²) in [5, 5.41) is 25.7. The normalized spacial score (nSPS) is 11.2. The molecule has 18 heavy (non-hydrogen) atoms. The minimum atomic E-state index is -0.0685. The summed E-state index contributed by atoms with van der Waals surface area (Å²) >= 11 is 0. The summed E-state index contributed by atoms with van der Waals surface area (Å²) in [6, 6.07) is 6.41. The van der Waals surface area contributed by atoms with Crippen molar-refractivity contribution in [1.82, 2.24) is 0 Å². The van der Waals surface area contributed by atoms with Gasteiger partial charge in [-0.25, -0.2) is 0 Å². The average Bonchev–Trinajstić information content (AvgIpc) is 2.39. The zero-order valence-electron chi connectivity index (χ0n) is 11.2. The highest BCUT2D eigenvalue weighted by atomic mass is 14.3. The van der Waals surface area contributed by atoms with E-state index in [0.717, 1.165) is 19.3 Å². The fourth-order valence-electron chi connectivity index (χ4n) is 1.98. The summed E-state index contributed by atoms with van der Waals surface area (Å²) < 4.78 is 0. The van der Waals surface area contributed by atoms with Crippen molar-refractivity contribution in [2.75, 3.05) is 0 Å². The summed E-state index contributed by atoms with van der Waals surface area (Å²) in [5.74, 6) is -0.0685. The summed E-state index contributed by atoms with van der Waals surface area (Å²) in [7, 11) is 0. The van der Waals surface area contributed by atoms with Gasteiger partial charge >= 0.3 is 0 Å². The molecule has 1 unspecified atom stereocenters. The molecule has 1 atom stereocenters. The van der Waals surface area contributed by atoms with Gasteiger partial charge in [-0.3, -0.25) is 0 Å². The molecule has 0 aliphatic heterocycles. The van der Waals surface area contributed by atoms with Gasteiger partial charge in [0.05, 0.1) is 30.5 Å². The maximum atomic E-state index is 8.78. The number of hydrogen-bond donors (Lipinski definition) is 0. The smallest absolute Gasteiger partial charge is 0.0666 e. The zero-order chi connectivity index (χ0) is 13.5. The van der Waals surface area contributed by atoms with E-state index in [-0.39, 0.29) is 5.92 Å². The number of rotatable bonds is 11. The molecule has 0 aromatic heterocycles. The lowest BCUT2D eigenvalue weighted by Crippen LogP contribution is -1.95. The van der Waals surface area contributed by atoms with Crippen LogP contribution in [0.15, 0.2) is 0 Å². The van der Waals surface area contributed by atoms with E-state index in [1.54, 1.807) is 0 Å². The van der Waals surface area contributed by atoms with Gasteiger partial charge in [0.25, 0.3) is 0 Å². The van der Waals surface area contributed by atoms with Crippen LogP contribution in [0.3, 0.4) is 0 Å². The SMILES string of the molecule is N#CCCCCCCCCCCC(C#N)CC#N. The van der Waals surface area contributed by atoms with Crippen molar-refractivity contribution < 1.29 is 0 Å². The second kappa shape index (κ2) is 13.5. The molecule has 0 N–H and O–H groups in total. The maximum absolute atomic E-state index is 8.78. The topological polar surface area (TPSA) is 71.4 Å². The van der Waals surface area contributed by atoms with Crippen LogP contribution >= 0.6 is 0 Å². The minimum Gasteiger partial charge on any atom is -0.198 e. The van der Waals surface area contributed by atoms with E-state index in [4.69, 9.17) is 15.8 Å². The summed E-state index contributed by atoms with van der Waals surface area (Å²) in [4.78, 5) is 0. The van der Waals surface area contributed by atoms with E-state index in [1.807, 2.05) is 0 Å². The molecule has 0 radical (unpaired) electrons. The van der Waals surface area contributed by atoms with Crippen molar-refractivity contribution in [2.24, 2.45) is 5.92 Å². The Hall–Kier alpha value is -1.53. The Morgan fingerprint density at radius 2 is 1.22 bits per heavy atom. The number of nitrogens with zero attached hydrogens (tertiary/aromatic N) is 3. The van der Waals surface area contributed by atoms with Gasteiger partial charge in [-0.15, -0.1) is 0 Å². The largest absolute Gasteiger partial charge is 0.198 e. The van der Waals surface area contributed by atoms with Crippen LogP contribution in [-0.2, 0) is 0 Å². The Morgan fingerprint density at radius 1 is 0.667 bits per heavy atom. The molecular weight excluding hydrogens is 222 g/mol. The molecule has 0 amide bonds. The molecule has 0 bridgehead atoms. The molecule has 0 spiro atoms. The predicted octanol–water partition coefficient (Wildman–Crippen LogP) is 4.46. The van der Waals surface area contributed by atoms with Gasteiger partial charge in [-0.2, -0.15) is 15.8 Å². The van der Waals surface area contributed by atoms with Crippen molar-refractivity contribution in [3.05, 3.63) is 0 Å². The van der Waals surface area contributed by atoms with Crippen LogP contribution in [0.2, 0.25) is 0 Å². The molecule has 0 saturated carbocycles. The van der Waals surface area contributed by atoms with E-state index >= 15 is 0 Å². The van der Waals surface area contributed by atoms with Crippen LogP contribution in [0, 0.1) is 39.9 Å². The van der Waals surface area contributed by atoms with E-state index in [2.05, 4.69) is 18.2 Å². The van der Waals surface area contributed by atoms with Gasteiger partial charge in [-0.1, -0.05) is 44.9 Å². The molecule has 0 rings (SSSR count). The van der Waals surface area contributed by atoms with Gasteiger partial charge in [-0.05, 0) is 12.8 Å². The van der Waals surface area contributed by atoms with Crippen LogP contribution < -0.4 is 0 Å². The zero-order valence-corrected chi connectivity index (χ0v) is 11.2. The summed E-state index contributed by atoms with van der Waals surface area (Å²) in [5.41, 5.74) is 0. The Morgan fingerprint density at radius 3 is 1.72 bits per heavy atom. The van der Waals surface area contributed by atoms with Gasteiger partial charge in [0, 0.05) is 6.42 Å². The third kappa shape index (κ3) is 11.0. The van der Waals surface area contributed by atoms with Gasteiger partial charge in [0.15, 0.2) is 0 Å². The first-order chi connectivity index (χ1) is 8.85. The van der Waals surface area contributed by atoms with E-state index in [1.165, 1.54) is 38.5 Å². The first-order valence-corrected chi connectivity index (χ1v) is 6.98. The third-order valence-electron chi connectivity index (χ3n) is 3.11. The number of nitriles is 3. The Balaban J connectivity index is 3.19. The van der Waals surface area contributed by atoms with E-state index in [0.29, 0.717) is 12.8 Å². The number of hydrogen-bond acceptors (Lipinski definition) is 3. The lowest BCUT2D eigenvalue weighted by Gasteiger charge is -2.04. The Labute approximate surface area is 111 Å². The highest BCUT2D eigenvalue weighted by Gasteiger charge is 2.05. The van der Waals surface area contributed by atoms with Crippen LogP contribution in [-0.4, -0.2) is 0 Å². The molecule has 0 fully saturated rings. The Bertz CT molecular complexity index is 303. The quantitative estimate of drug-likeness (QED) is 0.504. The summed E-state index contributed by atoms with van der Waals surface area (Å²) in [6.45, 7) is 0. The molecule has 0 aliphatic carbocycles. The van der Waals surface area contributed by atoms with Crippen molar-refractivity contribution >= 4 is 0 Å².